The summed E-state index contributed by atoms with van der Waals surface area (Å²) in [4.78, 5) is 0. The number of anilines is 1. The summed E-state index contributed by atoms with van der Waals surface area (Å²) in [6, 6.07) is 6.69. The normalized spacial score (nSPS) is 10.9. The molecule has 0 fully saturated rings. The number of halogens is 4. The molecule has 0 heterocycles. The van der Waals surface area contributed by atoms with Crippen LogP contribution in [0.15, 0.2) is 22.7 Å². The van der Waals surface area contributed by atoms with Crippen molar-refractivity contribution >= 4 is 21.6 Å². The molecular formula is C10H8BrF3N2. The van der Waals surface area contributed by atoms with Crippen molar-refractivity contribution in [1.82, 2.24) is 0 Å². The smallest absolute Gasteiger partial charge is 0.384 e. The summed E-state index contributed by atoms with van der Waals surface area (Å²) in [5.41, 5.74) is 0.728. The summed E-state index contributed by atoms with van der Waals surface area (Å²) < 4.78 is 36.4. The Labute approximate surface area is 99.2 Å². The molecule has 1 aromatic carbocycles. The molecule has 1 N–H and O–H groups in total. The Hall–Kier alpha value is -1.22. The minimum absolute atomic E-state index is 0.241. The molecule has 0 aromatic heterocycles. The van der Waals surface area contributed by atoms with Gasteiger partial charge in [-0.2, -0.15) is 18.4 Å². The monoisotopic (exact) mass is 292 g/mol. The van der Waals surface area contributed by atoms with Crippen LogP contribution in [-0.4, -0.2) is 12.7 Å². The van der Waals surface area contributed by atoms with Gasteiger partial charge in [0.25, 0.3) is 0 Å². The van der Waals surface area contributed by atoms with Gasteiger partial charge in [0.1, 0.15) is 6.07 Å². The Morgan fingerprint density at radius 2 is 2.06 bits per heavy atom. The van der Waals surface area contributed by atoms with Crippen molar-refractivity contribution in [2.24, 2.45) is 0 Å². The highest BCUT2D eigenvalue weighted by molar-refractivity contribution is 9.10. The minimum Gasteiger partial charge on any atom is -0.384 e. The van der Waals surface area contributed by atoms with Gasteiger partial charge in [0.15, 0.2) is 0 Å². The first-order valence-corrected chi connectivity index (χ1v) is 5.22. The summed E-state index contributed by atoms with van der Waals surface area (Å²) in [6.07, 6.45) is -5.11. The molecule has 0 aliphatic heterocycles. The summed E-state index contributed by atoms with van der Waals surface area (Å²) in [6.45, 7) is -0.241. The standard InChI is InChI=1S/C10H8BrF3N2/c11-8-2-1-7(6-15)9(5-8)16-4-3-10(12,13)14/h1-2,5,16H,3-4H2. The first-order valence-electron chi connectivity index (χ1n) is 4.42. The number of nitriles is 1. The van der Waals surface area contributed by atoms with E-state index in [1.54, 1.807) is 18.2 Å². The average Bonchev–Trinajstić information content (AvgIpc) is 2.16. The third-order valence-electron chi connectivity index (χ3n) is 1.83. The van der Waals surface area contributed by atoms with E-state index in [4.69, 9.17) is 5.26 Å². The Morgan fingerprint density at radius 1 is 1.38 bits per heavy atom. The molecule has 0 amide bonds. The number of nitrogens with zero attached hydrogens (tertiary/aromatic N) is 1. The lowest BCUT2D eigenvalue weighted by atomic mass is 10.2. The van der Waals surface area contributed by atoms with Crippen LogP contribution in [0.1, 0.15) is 12.0 Å². The van der Waals surface area contributed by atoms with Crippen molar-refractivity contribution < 1.29 is 13.2 Å². The van der Waals surface area contributed by atoms with E-state index < -0.39 is 12.6 Å². The Bertz CT molecular complexity index is 410. The number of benzene rings is 1. The molecule has 86 valence electrons. The van der Waals surface area contributed by atoms with Gasteiger partial charge in [-0.25, -0.2) is 0 Å². The zero-order chi connectivity index (χ0) is 12.2. The molecule has 0 unspecified atom stereocenters. The highest BCUT2D eigenvalue weighted by Gasteiger charge is 2.26. The molecule has 0 saturated carbocycles. The molecule has 0 bridgehead atoms. The van der Waals surface area contributed by atoms with E-state index in [1.807, 2.05) is 6.07 Å². The van der Waals surface area contributed by atoms with E-state index in [1.165, 1.54) is 0 Å². The van der Waals surface area contributed by atoms with Gasteiger partial charge in [0.2, 0.25) is 0 Å². The third kappa shape index (κ3) is 4.11. The molecule has 0 radical (unpaired) electrons. The van der Waals surface area contributed by atoms with Crippen molar-refractivity contribution in [2.75, 3.05) is 11.9 Å². The molecule has 6 heteroatoms. The first kappa shape index (κ1) is 12.8. The second-order valence-corrected chi connectivity index (χ2v) is 4.01. The molecule has 0 aliphatic carbocycles. The lowest BCUT2D eigenvalue weighted by Gasteiger charge is -2.10. The van der Waals surface area contributed by atoms with Crippen molar-refractivity contribution in [3.63, 3.8) is 0 Å². The number of nitrogens with one attached hydrogen (secondary N) is 1. The fraction of sp³-hybridized carbons (Fsp3) is 0.300. The molecule has 1 aromatic rings. The highest BCUT2D eigenvalue weighted by Crippen LogP contribution is 2.23. The van der Waals surface area contributed by atoms with Crippen molar-refractivity contribution in [1.29, 1.82) is 5.26 Å². The average molecular weight is 293 g/mol. The Morgan fingerprint density at radius 3 is 2.62 bits per heavy atom. The minimum atomic E-state index is -4.19. The van der Waals surface area contributed by atoms with Crippen LogP contribution in [0.3, 0.4) is 0 Å². The van der Waals surface area contributed by atoms with Crippen LogP contribution in [0.25, 0.3) is 0 Å². The fourth-order valence-corrected chi connectivity index (χ4v) is 1.46. The maximum absolute atomic E-state index is 11.9. The maximum atomic E-state index is 11.9. The van der Waals surface area contributed by atoms with E-state index in [9.17, 15) is 13.2 Å². The molecule has 2 nitrogen and oxygen atoms in total. The lowest BCUT2D eigenvalue weighted by molar-refractivity contribution is -0.131. The molecule has 0 saturated heterocycles. The molecule has 16 heavy (non-hydrogen) atoms. The van der Waals surface area contributed by atoms with E-state index in [0.717, 1.165) is 0 Å². The largest absolute Gasteiger partial charge is 0.390 e. The summed E-state index contributed by atoms with van der Waals surface area (Å²) in [5, 5.41) is 11.3. The van der Waals surface area contributed by atoms with Crippen molar-refractivity contribution in [3.05, 3.63) is 28.2 Å². The predicted octanol–water partition coefficient (Wildman–Crippen LogP) is 3.69. The maximum Gasteiger partial charge on any atom is 0.390 e. The summed E-state index contributed by atoms with van der Waals surface area (Å²) >= 11 is 3.19. The van der Waals surface area contributed by atoms with Gasteiger partial charge in [-0.1, -0.05) is 15.9 Å². The van der Waals surface area contributed by atoms with E-state index >= 15 is 0 Å². The topological polar surface area (TPSA) is 35.8 Å². The molecule has 0 spiro atoms. The van der Waals surface area contributed by atoms with Crippen LogP contribution in [0.2, 0.25) is 0 Å². The SMILES string of the molecule is N#Cc1ccc(Br)cc1NCCC(F)(F)F. The van der Waals surface area contributed by atoms with Crippen LogP contribution in [0, 0.1) is 11.3 Å². The fourth-order valence-electron chi connectivity index (χ4n) is 1.10. The van der Waals surface area contributed by atoms with Gasteiger partial charge in [0, 0.05) is 11.0 Å². The predicted molar refractivity (Wildman–Crippen MR) is 58.0 cm³/mol. The molecule has 0 atom stereocenters. The van der Waals surface area contributed by atoms with Gasteiger partial charge in [-0.15, -0.1) is 0 Å². The Balaban J connectivity index is 2.67. The first-order chi connectivity index (χ1) is 7.42. The van der Waals surface area contributed by atoms with Gasteiger partial charge in [-0.3, -0.25) is 0 Å². The summed E-state index contributed by atoms with van der Waals surface area (Å²) in [5.74, 6) is 0. The zero-order valence-corrected chi connectivity index (χ0v) is 9.69. The van der Waals surface area contributed by atoms with Crippen LogP contribution in [-0.2, 0) is 0 Å². The lowest BCUT2D eigenvalue weighted by Crippen LogP contribution is -2.15. The summed E-state index contributed by atoms with van der Waals surface area (Å²) in [7, 11) is 0. The second kappa shape index (κ2) is 5.21. The van der Waals surface area contributed by atoms with Gasteiger partial charge >= 0.3 is 6.18 Å². The highest BCUT2D eigenvalue weighted by atomic mass is 79.9. The van der Waals surface area contributed by atoms with Crippen molar-refractivity contribution in [3.8, 4) is 6.07 Å². The van der Waals surface area contributed by atoms with Crippen LogP contribution >= 0.6 is 15.9 Å². The van der Waals surface area contributed by atoms with E-state index in [-0.39, 0.29) is 6.54 Å². The number of hydrogen-bond donors (Lipinski definition) is 1. The van der Waals surface area contributed by atoms with Gasteiger partial charge in [0.05, 0.1) is 17.7 Å². The second-order valence-electron chi connectivity index (χ2n) is 3.09. The van der Waals surface area contributed by atoms with E-state index in [2.05, 4.69) is 21.2 Å². The quantitative estimate of drug-likeness (QED) is 0.922. The van der Waals surface area contributed by atoms with E-state index in [0.29, 0.717) is 15.7 Å². The Kier molecular flexibility index (Phi) is 4.19. The third-order valence-corrected chi connectivity index (χ3v) is 2.32. The zero-order valence-electron chi connectivity index (χ0n) is 8.11. The van der Waals surface area contributed by atoms with Crippen LogP contribution < -0.4 is 5.32 Å². The van der Waals surface area contributed by atoms with Crippen LogP contribution in [0.5, 0.6) is 0 Å². The van der Waals surface area contributed by atoms with Crippen molar-refractivity contribution in [2.45, 2.75) is 12.6 Å². The molecule has 1 rings (SSSR count). The molecular weight excluding hydrogens is 285 g/mol. The number of rotatable bonds is 3. The number of alkyl halides is 3. The number of hydrogen-bond acceptors (Lipinski definition) is 2. The van der Waals surface area contributed by atoms with Gasteiger partial charge < -0.3 is 5.32 Å². The van der Waals surface area contributed by atoms with Gasteiger partial charge in [-0.05, 0) is 18.2 Å². The molecule has 0 aliphatic rings. The van der Waals surface area contributed by atoms with Crippen LogP contribution in [0.4, 0.5) is 18.9 Å².